The summed E-state index contributed by atoms with van der Waals surface area (Å²) in [5, 5.41) is 3.43. The number of nitrogens with one attached hydrogen (secondary N) is 3. The summed E-state index contributed by atoms with van der Waals surface area (Å²) >= 11 is 0. The quantitative estimate of drug-likeness (QED) is 0.732. The first-order valence-corrected chi connectivity index (χ1v) is 8.36. The van der Waals surface area contributed by atoms with Crippen LogP contribution in [-0.2, 0) is 10.0 Å². The monoisotopic (exact) mass is 308 g/mol. The molecular weight excluding hydrogens is 288 g/mol. The Hall–Kier alpha value is -1.86. The van der Waals surface area contributed by atoms with Crippen LogP contribution in [0.2, 0.25) is 0 Å². The molecule has 0 fully saturated rings. The lowest BCUT2D eigenvalue weighted by Crippen LogP contribution is -2.19. The Morgan fingerprint density at radius 1 is 1.29 bits per heavy atom. The Balaban J connectivity index is 2.06. The van der Waals surface area contributed by atoms with Crippen molar-refractivity contribution in [1.82, 2.24) is 15.3 Å². The van der Waals surface area contributed by atoms with Crippen LogP contribution in [0, 0.1) is 0 Å². The van der Waals surface area contributed by atoms with Crippen molar-refractivity contribution in [3.05, 3.63) is 42.4 Å². The van der Waals surface area contributed by atoms with Crippen LogP contribution < -0.4 is 10.0 Å². The molecule has 3 N–H and O–H groups in total. The zero-order valence-electron chi connectivity index (χ0n) is 12.1. The third-order valence-corrected chi connectivity index (χ3v) is 4.43. The fourth-order valence-electron chi connectivity index (χ4n) is 1.92. The lowest BCUT2D eigenvalue weighted by atomic mass is 10.1. The Morgan fingerprint density at radius 2 is 2.00 bits per heavy atom. The van der Waals surface area contributed by atoms with Crippen LogP contribution >= 0.6 is 0 Å². The Bertz CT molecular complexity index is 651. The first-order valence-electron chi connectivity index (χ1n) is 6.87. The van der Waals surface area contributed by atoms with Gasteiger partial charge in [0, 0.05) is 11.7 Å². The minimum Gasteiger partial charge on any atom is -0.334 e. The molecule has 0 aliphatic heterocycles. The number of benzene rings is 1. The number of rotatable bonds is 7. The van der Waals surface area contributed by atoms with Crippen molar-refractivity contribution < 1.29 is 8.42 Å². The number of nitrogens with zero attached hydrogens (tertiary/aromatic N) is 1. The summed E-state index contributed by atoms with van der Waals surface area (Å²) in [5.41, 5.74) is 1.64. The maximum atomic E-state index is 12.0. The van der Waals surface area contributed by atoms with E-state index in [1.54, 1.807) is 12.1 Å². The van der Waals surface area contributed by atoms with E-state index in [0.29, 0.717) is 5.69 Å². The summed E-state index contributed by atoms with van der Waals surface area (Å²) in [6.45, 7) is 5.15. The van der Waals surface area contributed by atoms with Gasteiger partial charge in [0.2, 0.25) is 0 Å². The van der Waals surface area contributed by atoms with E-state index >= 15 is 0 Å². The Kier molecular flexibility index (Phi) is 4.98. The summed E-state index contributed by atoms with van der Waals surface area (Å²) in [7, 11) is -3.60. The van der Waals surface area contributed by atoms with Crippen LogP contribution in [0.15, 0.2) is 41.8 Å². The van der Waals surface area contributed by atoms with Crippen molar-refractivity contribution in [3.8, 4) is 0 Å². The molecule has 21 heavy (non-hydrogen) atoms. The molecule has 0 saturated heterocycles. The van der Waals surface area contributed by atoms with Gasteiger partial charge in [0.15, 0.2) is 5.03 Å². The molecule has 0 aliphatic carbocycles. The highest BCUT2D eigenvalue weighted by Gasteiger charge is 2.15. The minimum absolute atomic E-state index is 0.0459. The molecule has 7 heteroatoms. The first-order chi connectivity index (χ1) is 10.0. The van der Waals surface area contributed by atoms with Crippen molar-refractivity contribution in [3.63, 3.8) is 0 Å². The van der Waals surface area contributed by atoms with E-state index in [-0.39, 0.29) is 11.1 Å². The summed E-state index contributed by atoms with van der Waals surface area (Å²) in [6, 6.07) is 7.58. The number of hydrogen-bond acceptors (Lipinski definition) is 4. The van der Waals surface area contributed by atoms with Crippen LogP contribution in [0.3, 0.4) is 0 Å². The molecule has 1 unspecified atom stereocenters. The van der Waals surface area contributed by atoms with E-state index in [4.69, 9.17) is 0 Å². The molecule has 0 radical (unpaired) electrons. The second-order valence-electron chi connectivity index (χ2n) is 4.82. The highest BCUT2D eigenvalue weighted by Crippen LogP contribution is 2.18. The second kappa shape index (κ2) is 6.73. The van der Waals surface area contributed by atoms with Gasteiger partial charge in [-0.2, -0.15) is 8.42 Å². The number of imidazole rings is 1. The van der Waals surface area contributed by atoms with Gasteiger partial charge < -0.3 is 10.3 Å². The smallest absolute Gasteiger partial charge is 0.278 e. The van der Waals surface area contributed by atoms with Gasteiger partial charge in [-0.1, -0.05) is 19.1 Å². The normalized spacial score (nSPS) is 13.0. The Morgan fingerprint density at radius 3 is 2.57 bits per heavy atom. The summed E-state index contributed by atoms with van der Waals surface area (Å²) in [6.07, 6.45) is 3.68. The average molecular weight is 308 g/mol. The average Bonchev–Trinajstić information content (AvgIpc) is 3.00. The number of aromatic amines is 1. The fourth-order valence-corrected chi connectivity index (χ4v) is 2.88. The van der Waals surface area contributed by atoms with E-state index in [1.807, 2.05) is 12.1 Å². The standard InChI is InChI=1S/C14H20N4O2S/c1-3-8-16-11(2)12-4-6-13(7-5-12)18-21(19,20)14-9-15-10-17-14/h4-7,9-11,16,18H,3,8H2,1-2H3,(H,15,17). The molecule has 0 amide bonds. The molecule has 2 rings (SSSR count). The SMILES string of the molecule is CCCNC(C)c1ccc(NS(=O)(=O)c2cnc[nH]2)cc1. The molecule has 0 saturated carbocycles. The van der Waals surface area contributed by atoms with Crippen molar-refractivity contribution in [1.29, 1.82) is 0 Å². The second-order valence-corrected chi connectivity index (χ2v) is 6.47. The molecule has 1 atom stereocenters. The maximum absolute atomic E-state index is 12.0. The van der Waals surface area contributed by atoms with Crippen LogP contribution in [0.5, 0.6) is 0 Å². The fraction of sp³-hybridized carbons (Fsp3) is 0.357. The number of hydrogen-bond donors (Lipinski definition) is 3. The summed E-state index contributed by atoms with van der Waals surface area (Å²) in [4.78, 5) is 6.29. The molecule has 0 spiro atoms. The highest BCUT2D eigenvalue weighted by molar-refractivity contribution is 7.92. The van der Waals surface area contributed by atoms with Gasteiger partial charge in [0.25, 0.3) is 10.0 Å². The molecule has 6 nitrogen and oxygen atoms in total. The summed E-state index contributed by atoms with van der Waals surface area (Å²) < 4.78 is 26.6. The molecule has 1 aromatic heterocycles. The number of aromatic nitrogens is 2. The van der Waals surface area contributed by atoms with Crippen molar-refractivity contribution in [2.45, 2.75) is 31.3 Å². The van der Waals surface area contributed by atoms with Crippen molar-refractivity contribution in [2.24, 2.45) is 0 Å². The van der Waals surface area contributed by atoms with Gasteiger partial charge in [-0.3, -0.25) is 4.72 Å². The minimum atomic E-state index is -3.60. The lowest BCUT2D eigenvalue weighted by molar-refractivity contribution is 0.571. The lowest BCUT2D eigenvalue weighted by Gasteiger charge is -2.14. The number of H-pyrrole nitrogens is 1. The largest absolute Gasteiger partial charge is 0.334 e. The van der Waals surface area contributed by atoms with Gasteiger partial charge >= 0.3 is 0 Å². The van der Waals surface area contributed by atoms with E-state index in [2.05, 4.69) is 33.9 Å². The van der Waals surface area contributed by atoms with E-state index in [0.717, 1.165) is 18.5 Å². The predicted molar refractivity (Wildman–Crippen MR) is 82.5 cm³/mol. The van der Waals surface area contributed by atoms with Crippen LogP contribution in [0.4, 0.5) is 5.69 Å². The highest BCUT2D eigenvalue weighted by atomic mass is 32.2. The zero-order valence-corrected chi connectivity index (χ0v) is 12.9. The number of anilines is 1. The van der Waals surface area contributed by atoms with E-state index in [9.17, 15) is 8.42 Å². The molecule has 2 aromatic rings. The van der Waals surface area contributed by atoms with Gasteiger partial charge in [-0.25, -0.2) is 4.98 Å². The van der Waals surface area contributed by atoms with Crippen LogP contribution in [0.1, 0.15) is 31.9 Å². The van der Waals surface area contributed by atoms with Crippen LogP contribution in [-0.4, -0.2) is 24.9 Å². The summed E-state index contributed by atoms with van der Waals surface area (Å²) in [5.74, 6) is 0. The molecule has 1 aromatic carbocycles. The molecule has 0 aliphatic rings. The van der Waals surface area contributed by atoms with Crippen LogP contribution in [0.25, 0.3) is 0 Å². The molecule has 114 valence electrons. The molecule has 1 heterocycles. The van der Waals surface area contributed by atoms with E-state index in [1.165, 1.54) is 12.5 Å². The molecular formula is C14H20N4O2S. The van der Waals surface area contributed by atoms with Gasteiger partial charge in [0.05, 0.1) is 12.5 Å². The van der Waals surface area contributed by atoms with Gasteiger partial charge in [0.1, 0.15) is 0 Å². The predicted octanol–water partition coefficient (Wildman–Crippen LogP) is 2.27. The van der Waals surface area contributed by atoms with Gasteiger partial charge in [-0.05, 0) is 37.6 Å². The van der Waals surface area contributed by atoms with Gasteiger partial charge in [-0.15, -0.1) is 0 Å². The number of sulfonamides is 1. The zero-order chi connectivity index (χ0) is 15.3. The van der Waals surface area contributed by atoms with Crippen molar-refractivity contribution >= 4 is 15.7 Å². The maximum Gasteiger partial charge on any atom is 0.278 e. The molecule has 0 bridgehead atoms. The third-order valence-electron chi connectivity index (χ3n) is 3.13. The third kappa shape index (κ3) is 4.05. The first kappa shape index (κ1) is 15.5. The van der Waals surface area contributed by atoms with Crippen molar-refractivity contribution in [2.75, 3.05) is 11.3 Å². The Labute approximate surface area is 125 Å². The topological polar surface area (TPSA) is 86.9 Å². The van der Waals surface area contributed by atoms with E-state index < -0.39 is 10.0 Å².